The molecular formula is C57H111NO5. The summed E-state index contributed by atoms with van der Waals surface area (Å²) >= 11 is 0. The molecule has 0 rings (SSSR count). The van der Waals surface area contributed by atoms with Crippen LogP contribution in [0.1, 0.15) is 316 Å². The Labute approximate surface area is 393 Å². The molecule has 6 nitrogen and oxygen atoms in total. The standard InChI is InChI=1S/C57H111NO5/c1-3-5-7-9-11-13-15-17-26-29-33-37-41-45-49-55(60)54(53-59)58-56(61)50-46-42-38-34-30-27-23-21-19-18-20-22-24-28-32-36-40-44-48-52-63-57(62)51-47-43-39-35-31-25-16-14-12-10-8-6-4-2/h45,49,54-55,59-60H,3-44,46-48,50-53H2,1-2H3,(H,58,61)/b49-45+. The van der Waals surface area contributed by atoms with Crippen LogP contribution in [0.2, 0.25) is 0 Å². The molecule has 0 aliphatic rings. The number of unbranched alkanes of at least 4 members (excludes halogenated alkanes) is 42. The van der Waals surface area contributed by atoms with E-state index in [0.717, 1.165) is 38.5 Å². The summed E-state index contributed by atoms with van der Waals surface area (Å²) < 4.78 is 5.47. The zero-order valence-electron chi connectivity index (χ0n) is 42.6. The van der Waals surface area contributed by atoms with Crippen molar-refractivity contribution in [2.24, 2.45) is 0 Å². The van der Waals surface area contributed by atoms with Gasteiger partial charge in [0.05, 0.1) is 25.4 Å². The summed E-state index contributed by atoms with van der Waals surface area (Å²) in [7, 11) is 0. The van der Waals surface area contributed by atoms with Crippen molar-refractivity contribution in [2.45, 2.75) is 328 Å². The number of aliphatic hydroxyl groups is 2. The Morgan fingerprint density at radius 1 is 0.429 bits per heavy atom. The maximum atomic E-state index is 12.4. The molecule has 374 valence electrons. The van der Waals surface area contributed by atoms with Gasteiger partial charge in [-0.3, -0.25) is 9.59 Å². The zero-order chi connectivity index (χ0) is 45.8. The molecule has 1 amide bonds. The van der Waals surface area contributed by atoms with Gasteiger partial charge in [0.15, 0.2) is 0 Å². The quantitative estimate of drug-likeness (QED) is 0.0321. The van der Waals surface area contributed by atoms with Gasteiger partial charge in [-0.1, -0.05) is 283 Å². The predicted molar refractivity (Wildman–Crippen MR) is 273 cm³/mol. The number of rotatable bonds is 53. The maximum absolute atomic E-state index is 12.4. The fraction of sp³-hybridized carbons (Fsp3) is 0.930. The number of carbonyl (C=O) groups is 2. The third kappa shape index (κ3) is 49.9. The van der Waals surface area contributed by atoms with E-state index in [1.807, 2.05) is 6.08 Å². The number of hydrogen-bond donors (Lipinski definition) is 3. The fourth-order valence-corrected chi connectivity index (χ4v) is 8.93. The van der Waals surface area contributed by atoms with Crippen molar-refractivity contribution >= 4 is 11.9 Å². The van der Waals surface area contributed by atoms with E-state index in [4.69, 9.17) is 4.74 Å². The lowest BCUT2D eigenvalue weighted by molar-refractivity contribution is -0.143. The Morgan fingerprint density at radius 2 is 0.730 bits per heavy atom. The number of nitrogens with one attached hydrogen (secondary N) is 1. The second-order valence-corrected chi connectivity index (χ2v) is 19.6. The van der Waals surface area contributed by atoms with Crippen LogP contribution in [-0.2, 0) is 14.3 Å². The van der Waals surface area contributed by atoms with Gasteiger partial charge < -0.3 is 20.3 Å². The number of hydrogen-bond acceptors (Lipinski definition) is 5. The van der Waals surface area contributed by atoms with E-state index in [1.54, 1.807) is 6.08 Å². The molecule has 0 aliphatic carbocycles. The van der Waals surface area contributed by atoms with Crippen LogP contribution < -0.4 is 5.32 Å². The minimum absolute atomic E-state index is 0.0102. The molecule has 0 aromatic carbocycles. The highest BCUT2D eigenvalue weighted by atomic mass is 16.5. The molecule has 0 fully saturated rings. The van der Waals surface area contributed by atoms with Crippen LogP contribution in [-0.4, -0.2) is 47.4 Å². The third-order valence-corrected chi connectivity index (χ3v) is 13.3. The Kier molecular flexibility index (Phi) is 52.0. The van der Waals surface area contributed by atoms with E-state index >= 15 is 0 Å². The van der Waals surface area contributed by atoms with Crippen LogP contribution in [0.5, 0.6) is 0 Å². The molecule has 0 saturated heterocycles. The lowest BCUT2D eigenvalue weighted by atomic mass is 10.0. The highest BCUT2D eigenvalue weighted by molar-refractivity contribution is 5.76. The van der Waals surface area contributed by atoms with Crippen LogP contribution in [0, 0.1) is 0 Å². The first-order valence-corrected chi connectivity index (χ1v) is 28.5. The molecule has 0 radical (unpaired) electrons. The molecule has 0 aromatic rings. The second-order valence-electron chi connectivity index (χ2n) is 19.6. The van der Waals surface area contributed by atoms with Crippen molar-refractivity contribution in [1.82, 2.24) is 5.32 Å². The monoisotopic (exact) mass is 890 g/mol. The summed E-state index contributed by atoms with van der Waals surface area (Å²) in [5.74, 6) is -0.0593. The van der Waals surface area contributed by atoms with Crippen molar-refractivity contribution in [2.75, 3.05) is 13.2 Å². The molecule has 0 bridgehead atoms. The van der Waals surface area contributed by atoms with Gasteiger partial charge in [0.1, 0.15) is 0 Å². The van der Waals surface area contributed by atoms with Crippen molar-refractivity contribution in [3.05, 3.63) is 12.2 Å². The van der Waals surface area contributed by atoms with Crippen LogP contribution in [0.15, 0.2) is 12.2 Å². The number of allylic oxidation sites excluding steroid dienone is 1. The fourth-order valence-electron chi connectivity index (χ4n) is 8.93. The molecule has 63 heavy (non-hydrogen) atoms. The van der Waals surface area contributed by atoms with Gasteiger partial charge in [-0.25, -0.2) is 0 Å². The average molecular weight is 891 g/mol. The molecule has 0 aliphatic heterocycles. The van der Waals surface area contributed by atoms with Crippen molar-refractivity contribution in [3.63, 3.8) is 0 Å². The Hall–Kier alpha value is -1.40. The summed E-state index contributed by atoms with van der Waals surface area (Å²) in [6.45, 7) is 4.91. The summed E-state index contributed by atoms with van der Waals surface area (Å²) in [6.07, 6.45) is 62.3. The van der Waals surface area contributed by atoms with E-state index in [1.165, 1.54) is 250 Å². The van der Waals surface area contributed by atoms with E-state index in [9.17, 15) is 19.8 Å². The molecule has 0 spiro atoms. The Balaban J connectivity index is 3.41. The lowest BCUT2D eigenvalue weighted by Gasteiger charge is -2.20. The number of amides is 1. The van der Waals surface area contributed by atoms with Crippen LogP contribution in [0.25, 0.3) is 0 Å². The van der Waals surface area contributed by atoms with Gasteiger partial charge >= 0.3 is 5.97 Å². The Bertz CT molecular complexity index is 939. The lowest BCUT2D eigenvalue weighted by Crippen LogP contribution is -2.45. The van der Waals surface area contributed by atoms with Gasteiger partial charge in [0, 0.05) is 12.8 Å². The number of ether oxygens (including phenoxy) is 1. The SMILES string of the molecule is CCCCCCCCCCCCCC/C=C/C(O)C(CO)NC(=O)CCCCCCCCCCCCCCCCCCCCCOC(=O)CCCCCCCCCCCCCCC. The molecule has 3 N–H and O–H groups in total. The Morgan fingerprint density at radius 3 is 1.08 bits per heavy atom. The highest BCUT2D eigenvalue weighted by Gasteiger charge is 2.18. The topological polar surface area (TPSA) is 95.9 Å². The van der Waals surface area contributed by atoms with Gasteiger partial charge in [0.25, 0.3) is 0 Å². The maximum Gasteiger partial charge on any atom is 0.305 e. The highest BCUT2D eigenvalue weighted by Crippen LogP contribution is 2.17. The average Bonchev–Trinajstić information content (AvgIpc) is 3.28. The number of esters is 1. The first-order valence-electron chi connectivity index (χ1n) is 28.5. The van der Waals surface area contributed by atoms with Gasteiger partial charge in [0.2, 0.25) is 5.91 Å². The van der Waals surface area contributed by atoms with Crippen molar-refractivity contribution in [1.29, 1.82) is 0 Å². The zero-order valence-corrected chi connectivity index (χ0v) is 42.6. The molecule has 0 saturated carbocycles. The summed E-state index contributed by atoms with van der Waals surface area (Å²) in [4.78, 5) is 24.5. The smallest absolute Gasteiger partial charge is 0.305 e. The van der Waals surface area contributed by atoms with Crippen molar-refractivity contribution in [3.8, 4) is 0 Å². The second kappa shape index (κ2) is 53.2. The van der Waals surface area contributed by atoms with Crippen LogP contribution in [0.4, 0.5) is 0 Å². The van der Waals surface area contributed by atoms with Crippen molar-refractivity contribution < 1.29 is 24.5 Å². The van der Waals surface area contributed by atoms with Gasteiger partial charge in [-0.05, 0) is 32.1 Å². The van der Waals surface area contributed by atoms with Gasteiger partial charge in [-0.2, -0.15) is 0 Å². The van der Waals surface area contributed by atoms with E-state index in [2.05, 4.69) is 19.2 Å². The van der Waals surface area contributed by atoms with E-state index in [0.29, 0.717) is 19.4 Å². The largest absolute Gasteiger partial charge is 0.466 e. The molecule has 6 heteroatoms. The first kappa shape index (κ1) is 61.6. The van der Waals surface area contributed by atoms with Gasteiger partial charge in [-0.15, -0.1) is 0 Å². The molecule has 2 atom stereocenters. The molecular weight excluding hydrogens is 779 g/mol. The summed E-state index contributed by atoms with van der Waals surface area (Å²) in [5.41, 5.74) is 0. The molecule has 0 aromatic heterocycles. The number of carbonyl (C=O) groups excluding carboxylic acids is 2. The molecule has 2 unspecified atom stereocenters. The summed E-state index contributed by atoms with van der Waals surface area (Å²) in [6, 6.07) is -0.628. The van der Waals surface area contributed by atoms with Crippen LogP contribution in [0.3, 0.4) is 0 Å². The molecule has 0 heterocycles. The van der Waals surface area contributed by atoms with Crippen LogP contribution >= 0.6 is 0 Å². The third-order valence-electron chi connectivity index (χ3n) is 13.3. The van der Waals surface area contributed by atoms with E-state index < -0.39 is 12.1 Å². The minimum atomic E-state index is -0.845. The minimum Gasteiger partial charge on any atom is -0.466 e. The normalized spacial score (nSPS) is 12.6. The number of aliphatic hydroxyl groups excluding tert-OH is 2. The van der Waals surface area contributed by atoms with E-state index in [-0.39, 0.29) is 18.5 Å². The first-order chi connectivity index (χ1) is 31.0. The summed E-state index contributed by atoms with van der Waals surface area (Å²) in [5, 5.41) is 23.1. The predicted octanol–water partition coefficient (Wildman–Crippen LogP) is 17.3.